The Hall–Kier alpha value is -0.980. The number of thiophene rings is 1. The van der Waals surface area contributed by atoms with Crippen LogP contribution in [-0.2, 0) is 6.42 Å². The number of carboxylic acid groups (broad SMARTS) is 1. The first-order chi connectivity index (χ1) is 9.61. The van der Waals surface area contributed by atoms with E-state index in [9.17, 15) is 4.79 Å². The third-order valence-electron chi connectivity index (χ3n) is 2.99. The van der Waals surface area contributed by atoms with Crippen molar-refractivity contribution in [3.8, 4) is 5.75 Å². The van der Waals surface area contributed by atoms with Gasteiger partial charge < -0.3 is 9.84 Å². The summed E-state index contributed by atoms with van der Waals surface area (Å²) in [4.78, 5) is 12.2. The Morgan fingerprint density at radius 3 is 3.10 bits per heavy atom. The molecule has 6 heteroatoms. The van der Waals surface area contributed by atoms with Gasteiger partial charge in [0.25, 0.3) is 0 Å². The number of ether oxygens (including phenoxy) is 1. The Morgan fingerprint density at radius 1 is 1.50 bits per heavy atom. The smallest absolute Gasteiger partial charge is 0.345 e. The lowest BCUT2D eigenvalue weighted by molar-refractivity contribution is 0.0702. The quantitative estimate of drug-likeness (QED) is 0.814. The van der Waals surface area contributed by atoms with Crippen LogP contribution >= 0.6 is 39.0 Å². The number of benzene rings is 1. The monoisotopic (exact) mass is 370 g/mol. The zero-order chi connectivity index (χ0) is 14.1. The van der Waals surface area contributed by atoms with Gasteiger partial charge >= 0.3 is 5.97 Å². The minimum absolute atomic E-state index is 0.150. The van der Waals surface area contributed by atoms with Gasteiger partial charge in [-0.3, -0.25) is 0 Å². The highest BCUT2D eigenvalue weighted by Crippen LogP contribution is 2.34. The van der Waals surface area contributed by atoms with Gasteiger partial charge in [-0.25, -0.2) is 4.79 Å². The minimum atomic E-state index is -0.865. The zero-order valence-corrected chi connectivity index (χ0v) is 13.6. The fourth-order valence-electron chi connectivity index (χ4n) is 2.08. The summed E-state index contributed by atoms with van der Waals surface area (Å²) < 4.78 is 6.95. The first-order valence-corrected chi connectivity index (χ1v) is 8.67. The van der Waals surface area contributed by atoms with Crippen molar-refractivity contribution >= 4 is 45.0 Å². The molecule has 1 aromatic heterocycles. The topological polar surface area (TPSA) is 46.5 Å². The van der Waals surface area contributed by atoms with Crippen molar-refractivity contribution in [2.45, 2.75) is 17.4 Å². The van der Waals surface area contributed by atoms with Crippen molar-refractivity contribution in [3.05, 3.63) is 44.6 Å². The molecule has 1 aromatic carbocycles. The molecule has 1 atom stereocenters. The minimum Gasteiger partial charge on any atom is -0.489 e. The fraction of sp³-hybridized carbons (Fsp3) is 0.214. The van der Waals surface area contributed by atoms with Gasteiger partial charge in [-0.1, -0.05) is 15.9 Å². The molecule has 2 aromatic rings. The number of aromatic carboxylic acids is 1. The maximum absolute atomic E-state index is 10.8. The molecule has 104 valence electrons. The molecule has 3 nitrogen and oxygen atoms in total. The van der Waals surface area contributed by atoms with E-state index in [0.717, 1.165) is 27.3 Å². The normalized spacial score (nSPS) is 16.8. The molecule has 0 fully saturated rings. The highest BCUT2D eigenvalue weighted by Gasteiger charge is 2.23. The molecule has 0 bridgehead atoms. The highest BCUT2D eigenvalue weighted by molar-refractivity contribution is 9.10. The summed E-state index contributed by atoms with van der Waals surface area (Å²) in [5.41, 5.74) is 1.22. The number of hydrogen-bond donors (Lipinski definition) is 1. The summed E-state index contributed by atoms with van der Waals surface area (Å²) in [5, 5.41) is 10.8. The Balaban J connectivity index is 1.59. The van der Waals surface area contributed by atoms with Crippen LogP contribution in [0.1, 0.15) is 15.2 Å². The predicted octanol–water partition coefficient (Wildman–Crippen LogP) is 4.30. The van der Waals surface area contributed by atoms with Crippen LogP contribution in [0.4, 0.5) is 0 Å². The van der Waals surface area contributed by atoms with Gasteiger partial charge in [0.15, 0.2) is 0 Å². The first-order valence-electron chi connectivity index (χ1n) is 6.01. The zero-order valence-electron chi connectivity index (χ0n) is 10.3. The van der Waals surface area contributed by atoms with Crippen molar-refractivity contribution in [2.75, 3.05) is 5.75 Å². The number of thioether (sulfide) groups is 1. The van der Waals surface area contributed by atoms with Crippen molar-refractivity contribution < 1.29 is 14.6 Å². The average Bonchev–Trinajstić information content (AvgIpc) is 3.01. The largest absolute Gasteiger partial charge is 0.489 e. The van der Waals surface area contributed by atoms with Crippen LogP contribution in [0, 0.1) is 0 Å². The van der Waals surface area contributed by atoms with Gasteiger partial charge in [0, 0.05) is 26.9 Å². The Kier molecular flexibility index (Phi) is 4.05. The molecule has 0 amide bonds. The molecular formula is C14H11BrO3S2. The van der Waals surface area contributed by atoms with Crippen LogP contribution in [0.15, 0.2) is 39.0 Å². The van der Waals surface area contributed by atoms with Crippen LogP contribution in [-0.4, -0.2) is 22.9 Å². The third-order valence-corrected chi connectivity index (χ3v) is 5.65. The van der Waals surface area contributed by atoms with Crippen molar-refractivity contribution in [2.24, 2.45) is 0 Å². The van der Waals surface area contributed by atoms with Crippen molar-refractivity contribution in [3.63, 3.8) is 0 Å². The number of carbonyl (C=O) groups is 1. The van der Waals surface area contributed by atoms with Crippen LogP contribution in [0.2, 0.25) is 0 Å². The second kappa shape index (κ2) is 5.79. The number of halogens is 1. The molecule has 0 radical (unpaired) electrons. The molecule has 20 heavy (non-hydrogen) atoms. The summed E-state index contributed by atoms with van der Waals surface area (Å²) in [7, 11) is 0. The molecule has 0 spiro atoms. The van der Waals surface area contributed by atoms with E-state index in [0.29, 0.717) is 4.88 Å². The molecule has 0 saturated carbocycles. The van der Waals surface area contributed by atoms with Crippen LogP contribution in [0.3, 0.4) is 0 Å². The van der Waals surface area contributed by atoms with E-state index >= 15 is 0 Å². The Bertz CT molecular complexity index is 654. The van der Waals surface area contributed by atoms with E-state index in [1.807, 2.05) is 17.5 Å². The van der Waals surface area contributed by atoms with Crippen LogP contribution < -0.4 is 4.74 Å². The summed E-state index contributed by atoms with van der Waals surface area (Å²) >= 11 is 6.36. The maximum atomic E-state index is 10.8. The molecule has 2 heterocycles. The third kappa shape index (κ3) is 3.02. The van der Waals surface area contributed by atoms with Gasteiger partial charge in [0.05, 0.1) is 0 Å². The van der Waals surface area contributed by atoms with E-state index < -0.39 is 5.97 Å². The van der Waals surface area contributed by atoms with Gasteiger partial charge in [-0.05, 0) is 29.8 Å². The number of hydrogen-bond acceptors (Lipinski definition) is 4. The van der Waals surface area contributed by atoms with Crippen molar-refractivity contribution in [1.29, 1.82) is 0 Å². The first kappa shape index (κ1) is 14.0. The molecule has 0 aliphatic carbocycles. The number of carboxylic acids is 1. The van der Waals surface area contributed by atoms with E-state index in [-0.39, 0.29) is 6.10 Å². The molecule has 1 unspecified atom stereocenters. The second-order valence-electron chi connectivity index (χ2n) is 4.46. The standard InChI is InChI=1S/C14H11BrO3S2/c15-9-1-2-12-8(3-9)4-10(18-12)6-19-11-5-13(14(16)17)20-7-11/h1-3,5,7,10H,4,6H2,(H,16,17). The lowest BCUT2D eigenvalue weighted by Gasteiger charge is -2.09. The van der Waals surface area contributed by atoms with Gasteiger partial charge in [0.1, 0.15) is 16.7 Å². The summed E-state index contributed by atoms with van der Waals surface area (Å²) in [6.07, 6.45) is 1.05. The molecule has 1 N–H and O–H groups in total. The molecule has 3 rings (SSSR count). The maximum Gasteiger partial charge on any atom is 0.345 e. The van der Waals surface area contributed by atoms with Crippen LogP contribution in [0.5, 0.6) is 5.75 Å². The van der Waals surface area contributed by atoms with Crippen LogP contribution in [0.25, 0.3) is 0 Å². The van der Waals surface area contributed by atoms with E-state index in [1.54, 1.807) is 17.8 Å². The van der Waals surface area contributed by atoms with Crippen molar-refractivity contribution in [1.82, 2.24) is 0 Å². The average molecular weight is 371 g/mol. The second-order valence-corrected chi connectivity index (χ2v) is 7.38. The SMILES string of the molecule is O=C(O)c1cc(SCC2Cc3cc(Br)ccc3O2)cs1. The molecule has 1 aliphatic heterocycles. The van der Waals surface area contributed by atoms with Gasteiger partial charge in [-0.15, -0.1) is 23.1 Å². The number of rotatable bonds is 4. The Morgan fingerprint density at radius 2 is 2.35 bits per heavy atom. The predicted molar refractivity (Wildman–Crippen MR) is 84.3 cm³/mol. The van der Waals surface area contributed by atoms with E-state index in [2.05, 4.69) is 22.0 Å². The van der Waals surface area contributed by atoms with Gasteiger partial charge in [-0.2, -0.15) is 0 Å². The molecule has 1 aliphatic rings. The Labute approximate surface area is 133 Å². The summed E-state index contributed by atoms with van der Waals surface area (Å²) in [5.74, 6) is 0.911. The molecular weight excluding hydrogens is 360 g/mol. The summed E-state index contributed by atoms with van der Waals surface area (Å²) in [6.45, 7) is 0. The summed E-state index contributed by atoms with van der Waals surface area (Å²) in [6, 6.07) is 7.77. The van der Waals surface area contributed by atoms with E-state index in [1.165, 1.54) is 16.9 Å². The highest BCUT2D eigenvalue weighted by atomic mass is 79.9. The fourth-order valence-corrected chi connectivity index (χ4v) is 4.35. The lowest BCUT2D eigenvalue weighted by Crippen LogP contribution is -2.15. The van der Waals surface area contributed by atoms with E-state index in [4.69, 9.17) is 9.84 Å². The molecule has 0 saturated heterocycles. The lowest BCUT2D eigenvalue weighted by atomic mass is 10.1. The van der Waals surface area contributed by atoms with Gasteiger partial charge in [0.2, 0.25) is 0 Å². The number of fused-ring (bicyclic) bond motifs is 1.